The van der Waals surface area contributed by atoms with Gasteiger partial charge in [-0.25, -0.2) is 4.98 Å². The highest BCUT2D eigenvalue weighted by Crippen LogP contribution is 2.30. The molecule has 1 fully saturated rings. The molecule has 0 aromatic carbocycles. The number of fused-ring (bicyclic) bond motifs is 1. The third kappa shape index (κ3) is 2.72. The topological polar surface area (TPSA) is 55.1 Å². The van der Waals surface area contributed by atoms with Crippen molar-refractivity contribution in [2.75, 3.05) is 13.1 Å². The zero-order valence-electron chi connectivity index (χ0n) is 13.5. The molecule has 0 bridgehead atoms. The summed E-state index contributed by atoms with van der Waals surface area (Å²) in [5, 5.41) is 4.99. The maximum absolute atomic E-state index is 5.18. The van der Waals surface area contributed by atoms with E-state index in [0.717, 1.165) is 30.7 Å². The van der Waals surface area contributed by atoms with Crippen molar-refractivity contribution >= 4 is 11.1 Å². The molecule has 1 saturated heterocycles. The number of rotatable bonds is 3. The van der Waals surface area contributed by atoms with Gasteiger partial charge in [0.1, 0.15) is 0 Å². The van der Waals surface area contributed by atoms with Gasteiger partial charge in [0.05, 0.1) is 11.1 Å². The molecule has 3 aromatic heterocycles. The lowest BCUT2D eigenvalue weighted by molar-refractivity contribution is 0.326. The molecule has 0 spiro atoms. The second-order valence-corrected chi connectivity index (χ2v) is 6.42. The van der Waals surface area contributed by atoms with E-state index in [1.165, 1.54) is 23.1 Å². The standard InChI is InChI=1S/C18H20N4O/c1-12-3-5-19-9-17(12)15-4-6-22(11-15)10-14-7-16-13(2)21-23-18(16)20-8-14/h3,5,7-9,15H,4,6,10-11H2,1-2H3. The van der Waals surface area contributed by atoms with Crippen LogP contribution in [0.5, 0.6) is 0 Å². The van der Waals surface area contributed by atoms with Crippen LogP contribution in [0.4, 0.5) is 0 Å². The van der Waals surface area contributed by atoms with Crippen LogP contribution < -0.4 is 0 Å². The van der Waals surface area contributed by atoms with Crippen molar-refractivity contribution in [1.82, 2.24) is 20.0 Å². The quantitative estimate of drug-likeness (QED) is 0.743. The summed E-state index contributed by atoms with van der Waals surface area (Å²) in [6.07, 6.45) is 6.98. The van der Waals surface area contributed by atoms with E-state index in [-0.39, 0.29) is 0 Å². The van der Waals surface area contributed by atoms with Crippen LogP contribution in [-0.4, -0.2) is 33.1 Å². The molecule has 1 atom stereocenters. The molecule has 4 heterocycles. The lowest BCUT2D eigenvalue weighted by Gasteiger charge is -2.17. The van der Waals surface area contributed by atoms with E-state index in [1.807, 2.05) is 25.5 Å². The van der Waals surface area contributed by atoms with E-state index in [2.05, 4.69) is 39.1 Å². The summed E-state index contributed by atoms with van der Waals surface area (Å²) in [7, 11) is 0. The SMILES string of the molecule is Cc1ccncc1C1CCN(Cc2cnc3onc(C)c3c2)C1. The van der Waals surface area contributed by atoms with Crippen LogP contribution in [0.3, 0.4) is 0 Å². The number of nitrogens with zero attached hydrogens (tertiary/aromatic N) is 4. The Morgan fingerprint density at radius 2 is 2.22 bits per heavy atom. The van der Waals surface area contributed by atoms with Gasteiger partial charge in [-0.3, -0.25) is 9.88 Å². The molecule has 23 heavy (non-hydrogen) atoms. The Bertz CT molecular complexity index is 842. The molecule has 4 rings (SSSR count). The maximum Gasteiger partial charge on any atom is 0.257 e. The van der Waals surface area contributed by atoms with Crippen LogP contribution in [0.25, 0.3) is 11.1 Å². The Morgan fingerprint density at radius 3 is 3.09 bits per heavy atom. The minimum atomic E-state index is 0.581. The van der Waals surface area contributed by atoms with Crippen LogP contribution in [0.2, 0.25) is 0 Å². The first kappa shape index (κ1) is 14.3. The van der Waals surface area contributed by atoms with Gasteiger partial charge in [0.25, 0.3) is 5.71 Å². The van der Waals surface area contributed by atoms with Gasteiger partial charge in [0.15, 0.2) is 0 Å². The van der Waals surface area contributed by atoms with Gasteiger partial charge in [-0.05, 0) is 61.6 Å². The van der Waals surface area contributed by atoms with Crippen LogP contribution in [0, 0.1) is 13.8 Å². The minimum absolute atomic E-state index is 0.581. The average Bonchev–Trinajstić information content (AvgIpc) is 3.16. The fourth-order valence-corrected chi connectivity index (χ4v) is 3.47. The molecule has 118 valence electrons. The Labute approximate surface area is 135 Å². The molecular formula is C18H20N4O. The van der Waals surface area contributed by atoms with Gasteiger partial charge in [0.2, 0.25) is 0 Å². The van der Waals surface area contributed by atoms with Gasteiger partial charge in [0, 0.05) is 31.7 Å². The highest BCUT2D eigenvalue weighted by molar-refractivity contribution is 5.75. The van der Waals surface area contributed by atoms with Gasteiger partial charge in [-0.15, -0.1) is 0 Å². The monoisotopic (exact) mass is 308 g/mol. The Morgan fingerprint density at radius 1 is 1.30 bits per heavy atom. The second kappa shape index (κ2) is 5.74. The van der Waals surface area contributed by atoms with E-state index >= 15 is 0 Å². The lowest BCUT2D eigenvalue weighted by atomic mass is 9.96. The Balaban J connectivity index is 1.49. The number of hydrogen-bond donors (Lipinski definition) is 0. The summed E-state index contributed by atoms with van der Waals surface area (Å²) in [5.41, 5.74) is 5.47. The molecule has 0 radical (unpaired) electrons. The Kier molecular flexibility index (Phi) is 3.58. The van der Waals surface area contributed by atoms with Crippen molar-refractivity contribution in [2.24, 2.45) is 0 Å². The molecule has 1 aliphatic rings. The summed E-state index contributed by atoms with van der Waals surface area (Å²) in [6.45, 7) is 7.23. The van der Waals surface area contributed by atoms with Gasteiger partial charge < -0.3 is 4.52 Å². The molecule has 3 aromatic rings. The highest BCUT2D eigenvalue weighted by Gasteiger charge is 2.25. The van der Waals surface area contributed by atoms with Crippen LogP contribution in [-0.2, 0) is 6.54 Å². The van der Waals surface area contributed by atoms with E-state index in [0.29, 0.717) is 11.6 Å². The normalized spacial score (nSPS) is 18.8. The molecule has 1 unspecified atom stereocenters. The summed E-state index contributed by atoms with van der Waals surface area (Å²) >= 11 is 0. The maximum atomic E-state index is 5.18. The second-order valence-electron chi connectivity index (χ2n) is 6.42. The summed E-state index contributed by atoms with van der Waals surface area (Å²) in [6, 6.07) is 4.25. The minimum Gasteiger partial charge on any atom is -0.336 e. The van der Waals surface area contributed by atoms with Crippen molar-refractivity contribution in [1.29, 1.82) is 0 Å². The zero-order valence-corrected chi connectivity index (χ0v) is 13.5. The molecule has 0 N–H and O–H groups in total. The van der Waals surface area contributed by atoms with Crippen LogP contribution >= 0.6 is 0 Å². The van der Waals surface area contributed by atoms with Gasteiger partial charge in [-0.2, -0.15) is 0 Å². The van der Waals surface area contributed by atoms with Crippen LogP contribution in [0.15, 0.2) is 35.2 Å². The highest BCUT2D eigenvalue weighted by atomic mass is 16.5. The summed E-state index contributed by atoms with van der Waals surface area (Å²) < 4.78 is 5.18. The lowest BCUT2D eigenvalue weighted by Crippen LogP contribution is -2.20. The van der Waals surface area contributed by atoms with E-state index < -0.39 is 0 Å². The van der Waals surface area contributed by atoms with E-state index in [1.54, 1.807) is 0 Å². The van der Waals surface area contributed by atoms with Gasteiger partial charge >= 0.3 is 0 Å². The summed E-state index contributed by atoms with van der Waals surface area (Å²) in [5.74, 6) is 0.581. The van der Waals surface area contributed by atoms with Crippen molar-refractivity contribution in [2.45, 2.75) is 32.7 Å². The number of pyridine rings is 2. The van der Waals surface area contributed by atoms with Crippen molar-refractivity contribution in [3.8, 4) is 0 Å². The van der Waals surface area contributed by atoms with Gasteiger partial charge in [-0.1, -0.05) is 5.16 Å². The number of likely N-dealkylation sites (tertiary alicyclic amines) is 1. The van der Waals surface area contributed by atoms with Crippen LogP contribution in [0.1, 0.15) is 34.7 Å². The smallest absolute Gasteiger partial charge is 0.257 e. The molecule has 5 nitrogen and oxygen atoms in total. The first-order valence-electron chi connectivity index (χ1n) is 8.04. The molecule has 0 saturated carbocycles. The fourth-order valence-electron chi connectivity index (χ4n) is 3.47. The molecular weight excluding hydrogens is 288 g/mol. The average molecular weight is 308 g/mol. The molecule has 1 aliphatic heterocycles. The fraction of sp³-hybridized carbons (Fsp3) is 0.389. The van der Waals surface area contributed by atoms with Crippen molar-refractivity contribution in [3.63, 3.8) is 0 Å². The predicted molar refractivity (Wildman–Crippen MR) is 88.2 cm³/mol. The molecule has 0 amide bonds. The van der Waals surface area contributed by atoms with Crippen molar-refractivity contribution in [3.05, 3.63) is 53.1 Å². The van der Waals surface area contributed by atoms with E-state index in [4.69, 9.17) is 4.52 Å². The third-order valence-electron chi connectivity index (χ3n) is 4.76. The third-order valence-corrected chi connectivity index (χ3v) is 4.76. The predicted octanol–water partition coefficient (Wildman–Crippen LogP) is 3.22. The Hall–Kier alpha value is -2.27. The summed E-state index contributed by atoms with van der Waals surface area (Å²) in [4.78, 5) is 11.1. The largest absolute Gasteiger partial charge is 0.336 e. The number of hydrogen-bond acceptors (Lipinski definition) is 5. The molecule has 0 aliphatic carbocycles. The zero-order chi connectivity index (χ0) is 15.8. The number of aryl methyl sites for hydroxylation is 2. The first-order valence-corrected chi connectivity index (χ1v) is 8.04. The number of aromatic nitrogens is 3. The molecule has 5 heteroatoms. The van der Waals surface area contributed by atoms with E-state index in [9.17, 15) is 0 Å². The van der Waals surface area contributed by atoms with Crippen molar-refractivity contribution < 1.29 is 4.52 Å². The first-order chi connectivity index (χ1) is 11.2.